The highest BCUT2D eigenvalue weighted by molar-refractivity contribution is 7.07. The maximum Gasteiger partial charge on any atom is 0.338 e. The van der Waals surface area contributed by atoms with Crippen molar-refractivity contribution >= 4 is 41.0 Å². The number of hydrogen-bond acceptors (Lipinski definition) is 8. The van der Waals surface area contributed by atoms with E-state index in [9.17, 15) is 14.4 Å². The van der Waals surface area contributed by atoms with Crippen LogP contribution in [-0.4, -0.2) is 29.7 Å². The minimum absolute atomic E-state index is 0.181. The Morgan fingerprint density at radius 1 is 1.14 bits per heavy atom. The Hall–Kier alpha value is -3.69. The summed E-state index contributed by atoms with van der Waals surface area (Å²) in [6.45, 7) is 7.12. The number of carbonyl (C=O) groups is 2. The number of thiazole rings is 1. The summed E-state index contributed by atoms with van der Waals surface area (Å²) in [4.78, 5) is 43.1. The van der Waals surface area contributed by atoms with Crippen LogP contribution in [0.1, 0.15) is 44.9 Å². The van der Waals surface area contributed by atoms with Crippen molar-refractivity contribution in [3.63, 3.8) is 0 Å². The highest BCUT2D eigenvalue weighted by Crippen LogP contribution is 2.34. The average molecular weight is 541 g/mol. The Balaban J connectivity index is 1.90. The van der Waals surface area contributed by atoms with Gasteiger partial charge in [-0.05, 0) is 56.2 Å². The monoisotopic (exact) mass is 540 g/mol. The quantitative estimate of drug-likeness (QED) is 0.334. The van der Waals surface area contributed by atoms with Crippen molar-refractivity contribution in [3.8, 4) is 11.5 Å². The lowest BCUT2D eigenvalue weighted by Crippen LogP contribution is -2.40. The van der Waals surface area contributed by atoms with Gasteiger partial charge in [-0.25, -0.2) is 9.79 Å². The van der Waals surface area contributed by atoms with E-state index < -0.39 is 18.0 Å². The lowest BCUT2D eigenvalue weighted by atomic mass is 9.96. The van der Waals surface area contributed by atoms with E-state index >= 15 is 0 Å². The molecule has 0 N–H and O–H groups in total. The van der Waals surface area contributed by atoms with Gasteiger partial charge < -0.3 is 14.2 Å². The standard InChI is InChI=1S/C27H25ClN2O6S/c1-5-34-21-13-17(11-12-20(21)36-16(4)31)14-22-25(32)30-24(18-9-7-8-10-19(18)28)23(26(33)35-6-2)15(3)29-27(30)37-22/h7-14,24H,5-6H2,1-4H3. The SMILES string of the molecule is CCOC(=O)C1=C(C)N=c2sc(=Cc3ccc(OC(C)=O)c(OCC)c3)c(=O)n2C1c1ccccc1Cl. The van der Waals surface area contributed by atoms with Gasteiger partial charge in [0, 0.05) is 11.9 Å². The molecule has 0 spiro atoms. The van der Waals surface area contributed by atoms with Gasteiger partial charge in [-0.3, -0.25) is 14.2 Å². The maximum absolute atomic E-state index is 13.7. The van der Waals surface area contributed by atoms with Crippen LogP contribution in [0, 0.1) is 0 Å². The van der Waals surface area contributed by atoms with Gasteiger partial charge in [0.05, 0.1) is 29.0 Å². The zero-order chi connectivity index (χ0) is 26.7. The number of nitrogens with zero attached hydrogens (tertiary/aromatic N) is 2. The molecule has 0 amide bonds. The molecule has 1 unspecified atom stereocenters. The van der Waals surface area contributed by atoms with Crippen LogP contribution < -0.4 is 24.4 Å². The first-order valence-corrected chi connectivity index (χ1v) is 12.8. The van der Waals surface area contributed by atoms with Crippen molar-refractivity contribution in [2.75, 3.05) is 13.2 Å². The highest BCUT2D eigenvalue weighted by Gasteiger charge is 2.34. The van der Waals surface area contributed by atoms with Crippen molar-refractivity contribution in [2.24, 2.45) is 4.99 Å². The average Bonchev–Trinajstić information content (AvgIpc) is 3.14. The molecule has 0 aliphatic carbocycles. The molecule has 1 aromatic heterocycles. The molecule has 192 valence electrons. The number of hydrogen-bond donors (Lipinski definition) is 0. The van der Waals surface area contributed by atoms with E-state index in [-0.39, 0.29) is 17.7 Å². The Morgan fingerprint density at radius 3 is 2.57 bits per heavy atom. The van der Waals surface area contributed by atoms with Gasteiger partial charge in [-0.2, -0.15) is 0 Å². The van der Waals surface area contributed by atoms with E-state index in [1.54, 1.807) is 62.4 Å². The molecule has 1 atom stereocenters. The molecule has 4 rings (SSSR count). The van der Waals surface area contributed by atoms with Crippen LogP contribution in [-0.2, 0) is 14.3 Å². The summed E-state index contributed by atoms with van der Waals surface area (Å²) in [7, 11) is 0. The Bertz CT molecular complexity index is 1590. The van der Waals surface area contributed by atoms with Crippen LogP contribution in [0.15, 0.2) is 63.5 Å². The molecule has 0 radical (unpaired) electrons. The highest BCUT2D eigenvalue weighted by atomic mass is 35.5. The van der Waals surface area contributed by atoms with Crippen LogP contribution in [0.2, 0.25) is 5.02 Å². The number of ether oxygens (including phenoxy) is 3. The number of benzene rings is 2. The number of aromatic nitrogens is 1. The third kappa shape index (κ3) is 5.38. The topological polar surface area (TPSA) is 96.2 Å². The molecule has 2 aromatic carbocycles. The van der Waals surface area contributed by atoms with E-state index in [2.05, 4.69) is 4.99 Å². The van der Waals surface area contributed by atoms with E-state index in [1.165, 1.54) is 22.8 Å². The molecule has 1 aliphatic rings. The van der Waals surface area contributed by atoms with Crippen molar-refractivity contribution in [3.05, 3.63) is 89.6 Å². The maximum atomic E-state index is 13.7. The van der Waals surface area contributed by atoms with E-state index in [1.807, 2.05) is 6.92 Å². The summed E-state index contributed by atoms with van der Waals surface area (Å²) in [5.74, 6) is -0.338. The normalized spacial score (nSPS) is 15.2. The summed E-state index contributed by atoms with van der Waals surface area (Å²) in [6, 6.07) is 11.3. The fraction of sp³-hybridized carbons (Fsp3) is 0.259. The van der Waals surface area contributed by atoms with E-state index in [0.29, 0.717) is 49.3 Å². The number of halogens is 1. The molecule has 0 saturated carbocycles. The van der Waals surface area contributed by atoms with Crippen molar-refractivity contribution in [2.45, 2.75) is 33.7 Å². The third-order valence-electron chi connectivity index (χ3n) is 5.54. The second-order valence-electron chi connectivity index (χ2n) is 8.06. The van der Waals surface area contributed by atoms with E-state index in [0.717, 1.165) is 0 Å². The predicted molar refractivity (Wildman–Crippen MR) is 141 cm³/mol. The molecule has 0 fully saturated rings. The summed E-state index contributed by atoms with van der Waals surface area (Å²) in [5.41, 5.74) is 1.66. The molecule has 10 heteroatoms. The first kappa shape index (κ1) is 26.4. The zero-order valence-electron chi connectivity index (χ0n) is 20.7. The largest absolute Gasteiger partial charge is 0.490 e. The Kier molecular flexibility index (Phi) is 7.94. The van der Waals surface area contributed by atoms with Gasteiger partial charge in [-0.1, -0.05) is 47.2 Å². The molecule has 3 aromatic rings. The molecule has 0 bridgehead atoms. The van der Waals surface area contributed by atoms with Gasteiger partial charge in [0.2, 0.25) is 0 Å². The fourth-order valence-electron chi connectivity index (χ4n) is 4.06. The van der Waals surface area contributed by atoms with Crippen molar-refractivity contribution in [1.82, 2.24) is 4.57 Å². The first-order valence-electron chi connectivity index (χ1n) is 11.6. The summed E-state index contributed by atoms with van der Waals surface area (Å²) >= 11 is 7.73. The first-order chi connectivity index (χ1) is 17.7. The second kappa shape index (κ2) is 11.1. The minimum Gasteiger partial charge on any atom is -0.490 e. The van der Waals surface area contributed by atoms with Gasteiger partial charge in [0.15, 0.2) is 16.3 Å². The Morgan fingerprint density at radius 2 is 1.89 bits per heavy atom. The van der Waals surface area contributed by atoms with Gasteiger partial charge >= 0.3 is 11.9 Å². The predicted octanol–water partition coefficient (Wildman–Crippen LogP) is 3.78. The molecule has 8 nitrogen and oxygen atoms in total. The number of carbonyl (C=O) groups excluding carboxylic acids is 2. The van der Waals surface area contributed by atoms with Crippen LogP contribution in [0.3, 0.4) is 0 Å². The van der Waals surface area contributed by atoms with Gasteiger partial charge in [-0.15, -0.1) is 0 Å². The number of rotatable bonds is 7. The summed E-state index contributed by atoms with van der Waals surface area (Å²) in [6.07, 6.45) is 1.71. The van der Waals surface area contributed by atoms with Gasteiger partial charge in [0.1, 0.15) is 6.04 Å². The number of fused-ring (bicyclic) bond motifs is 1. The minimum atomic E-state index is -0.795. The van der Waals surface area contributed by atoms with Crippen molar-refractivity contribution < 1.29 is 23.8 Å². The summed E-state index contributed by atoms with van der Waals surface area (Å²) in [5, 5.41) is 0.418. The molecule has 1 aliphatic heterocycles. The smallest absolute Gasteiger partial charge is 0.338 e. The lowest BCUT2D eigenvalue weighted by molar-refractivity contribution is -0.139. The Labute approximate surface area is 222 Å². The molecular formula is C27H25ClN2O6S. The zero-order valence-corrected chi connectivity index (χ0v) is 22.3. The van der Waals surface area contributed by atoms with Crippen LogP contribution in [0.5, 0.6) is 11.5 Å². The van der Waals surface area contributed by atoms with Crippen LogP contribution in [0.25, 0.3) is 6.08 Å². The molecule has 37 heavy (non-hydrogen) atoms. The van der Waals surface area contributed by atoms with Crippen LogP contribution >= 0.6 is 22.9 Å². The molecular weight excluding hydrogens is 516 g/mol. The number of esters is 2. The number of allylic oxidation sites excluding steroid dienone is 1. The van der Waals surface area contributed by atoms with E-state index in [4.69, 9.17) is 25.8 Å². The third-order valence-corrected chi connectivity index (χ3v) is 6.86. The van der Waals surface area contributed by atoms with Gasteiger partial charge in [0.25, 0.3) is 5.56 Å². The fourth-order valence-corrected chi connectivity index (χ4v) is 5.34. The van der Waals surface area contributed by atoms with Crippen LogP contribution in [0.4, 0.5) is 0 Å². The molecule has 0 saturated heterocycles. The second-order valence-corrected chi connectivity index (χ2v) is 9.47. The lowest BCUT2D eigenvalue weighted by Gasteiger charge is -2.25. The summed E-state index contributed by atoms with van der Waals surface area (Å²) < 4.78 is 18.0. The van der Waals surface area contributed by atoms with Crippen molar-refractivity contribution in [1.29, 1.82) is 0 Å². The molecule has 2 heterocycles.